The molecular weight excluding hydrogens is 630 g/mol. The minimum atomic E-state index is -2.87. The highest BCUT2D eigenvalue weighted by Crippen LogP contribution is 2.56. The Kier molecular flexibility index (Phi) is 10.9. The van der Waals surface area contributed by atoms with Crippen molar-refractivity contribution in [1.29, 1.82) is 0 Å². The van der Waals surface area contributed by atoms with E-state index in [1.165, 1.54) is 31.9 Å². The Bertz CT molecular complexity index is 1770. The summed E-state index contributed by atoms with van der Waals surface area (Å²) in [5, 5.41) is 6.63. The number of benzene rings is 5. The van der Waals surface area contributed by atoms with Crippen LogP contribution in [0.5, 0.6) is 0 Å². The highest BCUT2D eigenvalue weighted by molar-refractivity contribution is 7.95. The maximum Gasteiger partial charge on any atom is 0.261 e. The Morgan fingerprint density at radius 1 is 0.633 bits per heavy atom. The van der Waals surface area contributed by atoms with Crippen molar-refractivity contribution >= 4 is 47.9 Å². The zero-order chi connectivity index (χ0) is 34.2. The molecule has 1 heterocycles. The normalized spacial score (nSPS) is 13.2. The van der Waals surface area contributed by atoms with E-state index in [1.54, 1.807) is 0 Å². The molecule has 0 fully saturated rings. The van der Waals surface area contributed by atoms with Crippen LogP contribution in [0.1, 0.15) is 39.7 Å². The summed E-state index contributed by atoms with van der Waals surface area (Å²) in [5.74, 6) is 0. The van der Waals surface area contributed by atoms with Gasteiger partial charge < -0.3 is 4.43 Å². The number of hydrogen-bond donors (Lipinski definition) is 0. The SMILES string of the molecule is C/C(=C\c1cccnc1)[C@H](CC[P+](c1ccccc1)(c1ccccc1)c1ccccc1)O[Si](c1ccccc1)(c1ccccc1)C(C)(C)C. The first-order valence-electron chi connectivity index (χ1n) is 17.3. The number of aromatic nitrogens is 1. The lowest BCUT2D eigenvalue weighted by Crippen LogP contribution is -2.67. The summed E-state index contributed by atoms with van der Waals surface area (Å²) in [4.78, 5) is 4.44. The summed E-state index contributed by atoms with van der Waals surface area (Å²) in [7, 11) is -4.95. The lowest BCUT2D eigenvalue weighted by Gasteiger charge is -2.45. The quantitative estimate of drug-likeness (QED) is 0.0955. The van der Waals surface area contributed by atoms with E-state index in [0.717, 1.165) is 18.1 Å². The second-order valence-electron chi connectivity index (χ2n) is 13.8. The highest BCUT2D eigenvalue weighted by Gasteiger charge is 2.52. The van der Waals surface area contributed by atoms with Crippen molar-refractivity contribution in [3.63, 3.8) is 0 Å². The summed E-state index contributed by atoms with van der Waals surface area (Å²) in [6.45, 7) is 9.35. The van der Waals surface area contributed by atoms with E-state index >= 15 is 0 Å². The fraction of sp³-hybridized carbons (Fsp3) is 0.178. The van der Waals surface area contributed by atoms with Gasteiger partial charge in [-0.3, -0.25) is 4.98 Å². The Morgan fingerprint density at radius 2 is 1.06 bits per heavy atom. The number of rotatable bonds is 12. The monoisotopic (exact) mass is 676 g/mol. The summed E-state index contributed by atoms with van der Waals surface area (Å²) in [6.07, 6.45) is 7.75. The average molecular weight is 677 g/mol. The van der Waals surface area contributed by atoms with Crippen molar-refractivity contribution in [3.8, 4) is 0 Å². The molecule has 6 rings (SSSR count). The van der Waals surface area contributed by atoms with E-state index in [2.05, 4.69) is 196 Å². The second kappa shape index (κ2) is 15.4. The Labute approximate surface area is 295 Å². The molecule has 5 aromatic carbocycles. The van der Waals surface area contributed by atoms with E-state index in [0.29, 0.717) is 0 Å². The predicted octanol–water partition coefficient (Wildman–Crippen LogP) is 8.81. The molecule has 0 amide bonds. The van der Waals surface area contributed by atoms with Crippen LogP contribution >= 0.6 is 7.26 Å². The van der Waals surface area contributed by atoms with Gasteiger partial charge in [-0.2, -0.15) is 0 Å². The van der Waals surface area contributed by atoms with Crippen molar-refractivity contribution in [2.75, 3.05) is 6.16 Å². The number of nitrogens with zero attached hydrogens (tertiary/aromatic N) is 1. The van der Waals surface area contributed by atoms with Gasteiger partial charge in [0.2, 0.25) is 0 Å². The molecule has 4 heteroatoms. The van der Waals surface area contributed by atoms with E-state index in [1.807, 2.05) is 18.5 Å². The lowest BCUT2D eigenvalue weighted by atomic mass is 10.1. The zero-order valence-electron chi connectivity index (χ0n) is 29.1. The number of hydrogen-bond acceptors (Lipinski definition) is 2. The van der Waals surface area contributed by atoms with Crippen molar-refractivity contribution in [2.24, 2.45) is 0 Å². The van der Waals surface area contributed by atoms with Gasteiger partial charge in [-0.05, 0) is 75.9 Å². The molecule has 49 heavy (non-hydrogen) atoms. The maximum absolute atomic E-state index is 7.98. The fourth-order valence-corrected chi connectivity index (χ4v) is 16.4. The predicted molar refractivity (Wildman–Crippen MR) is 215 cm³/mol. The van der Waals surface area contributed by atoms with Crippen molar-refractivity contribution in [1.82, 2.24) is 4.98 Å². The van der Waals surface area contributed by atoms with Gasteiger partial charge in [0, 0.05) is 18.8 Å². The van der Waals surface area contributed by atoms with Crippen molar-refractivity contribution in [2.45, 2.75) is 45.3 Å². The molecule has 0 aliphatic carbocycles. The van der Waals surface area contributed by atoms with Crippen LogP contribution in [-0.2, 0) is 4.43 Å². The van der Waals surface area contributed by atoms with Gasteiger partial charge in [0.15, 0.2) is 0 Å². The van der Waals surface area contributed by atoms with E-state index < -0.39 is 15.6 Å². The second-order valence-corrected chi connectivity index (χ2v) is 21.6. The smallest absolute Gasteiger partial charge is 0.261 e. The average Bonchev–Trinajstić information content (AvgIpc) is 3.15. The molecule has 0 radical (unpaired) electrons. The zero-order valence-corrected chi connectivity index (χ0v) is 31.0. The van der Waals surface area contributed by atoms with Gasteiger partial charge in [-0.1, -0.05) is 148 Å². The Balaban J connectivity index is 1.55. The van der Waals surface area contributed by atoms with Crippen LogP contribution < -0.4 is 26.3 Å². The molecule has 2 nitrogen and oxygen atoms in total. The van der Waals surface area contributed by atoms with Crippen LogP contribution in [0.3, 0.4) is 0 Å². The first-order chi connectivity index (χ1) is 23.8. The largest absolute Gasteiger partial charge is 0.401 e. The van der Waals surface area contributed by atoms with Crippen molar-refractivity contribution < 1.29 is 4.43 Å². The molecule has 1 aromatic heterocycles. The molecule has 0 aliphatic rings. The van der Waals surface area contributed by atoms with Gasteiger partial charge in [0.25, 0.3) is 8.32 Å². The molecule has 0 aliphatic heterocycles. The standard InChI is InChI=1S/C45H47NOPSi/c1-37(35-38-21-20-33-46-36-38)44(47-49(45(2,3)4,42-28-16-8-17-29-42)43-30-18-9-19-31-43)32-34-48(39-22-10-5-11-23-39,40-24-12-6-13-25-40)41-26-14-7-15-27-41/h5-31,33,35-36,44H,32,34H2,1-4H3/q+1/b37-35+/t44-/m0/s1. The van der Waals surface area contributed by atoms with Crippen LogP contribution in [0, 0.1) is 0 Å². The minimum absolute atomic E-state index is 0.137. The molecule has 0 N–H and O–H groups in total. The third-order valence-electron chi connectivity index (χ3n) is 9.64. The van der Waals surface area contributed by atoms with Crippen LogP contribution in [0.25, 0.3) is 6.08 Å². The topological polar surface area (TPSA) is 22.1 Å². The van der Waals surface area contributed by atoms with Crippen LogP contribution in [0.15, 0.2) is 182 Å². The summed E-state index contributed by atoms with van der Waals surface area (Å²) in [5.41, 5.74) is 2.31. The minimum Gasteiger partial charge on any atom is -0.401 e. The first-order valence-corrected chi connectivity index (χ1v) is 21.1. The summed E-state index contributed by atoms with van der Waals surface area (Å²) in [6, 6.07) is 59.8. The van der Waals surface area contributed by atoms with Crippen LogP contribution in [0.4, 0.5) is 0 Å². The molecule has 0 saturated carbocycles. The van der Waals surface area contributed by atoms with Gasteiger partial charge in [-0.15, -0.1) is 0 Å². The van der Waals surface area contributed by atoms with Gasteiger partial charge >= 0.3 is 0 Å². The molecule has 1 atom stereocenters. The molecule has 0 unspecified atom stereocenters. The summed E-state index contributed by atoms with van der Waals surface area (Å²) >= 11 is 0. The van der Waals surface area contributed by atoms with E-state index in [9.17, 15) is 0 Å². The lowest BCUT2D eigenvalue weighted by molar-refractivity contribution is 0.219. The molecular formula is C45H47NOPSi+. The Morgan fingerprint density at radius 3 is 1.45 bits per heavy atom. The first kappa shape index (κ1) is 34.5. The molecule has 0 spiro atoms. The molecule has 6 aromatic rings. The van der Waals surface area contributed by atoms with Gasteiger partial charge in [0.05, 0.1) is 12.3 Å². The van der Waals surface area contributed by atoms with Gasteiger partial charge in [-0.25, -0.2) is 0 Å². The molecule has 246 valence electrons. The van der Waals surface area contributed by atoms with E-state index in [-0.39, 0.29) is 11.1 Å². The van der Waals surface area contributed by atoms with Gasteiger partial charge in [0.1, 0.15) is 23.2 Å². The van der Waals surface area contributed by atoms with E-state index in [4.69, 9.17) is 4.43 Å². The third kappa shape index (κ3) is 7.31. The van der Waals surface area contributed by atoms with Crippen LogP contribution in [-0.4, -0.2) is 25.6 Å². The number of pyridine rings is 1. The Hall–Kier alpha value is -4.40. The fourth-order valence-electron chi connectivity index (χ4n) is 7.29. The molecule has 0 saturated heterocycles. The molecule has 0 bridgehead atoms. The van der Waals surface area contributed by atoms with Crippen molar-refractivity contribution in [3.05, 3.63) is 187 Å². The highest BCUT2D eigenvalue weighted by atomic mass is 31.2. The maximum atomic E-state index is 7.98. The summed E-state index contributed by atoms with van der Waals surface area (Å²) < 4.78 is 7.98. The van der Waals surface area contributed by atoms with Crippen LogP contribution in [0.2, 0.25) is 5.04 Å². The third-order valence-corrected chi connectivity index (χ3v) is 19.2.